The number of hydrogen-bond acceptors (Lipinski definition) is 0. The van der Waals surface area contributed by atoms with Crippen LogP contribution in [0.1, 0.15) is 0 Å². The van der Waals surface area contributed by atoms with Gasteiger partial charge in [0.05, 0.1) is 0 Å². The third kappa shape index (κ3) is 9.93. The zero-order valence-electron chi connectivity index (χ0n) is 13.1. The van der Waals surface area contributed by atoms with Gasteiger partial charge in [0, 0.05) is 0 Å². The van der Waals surface area contributed by atoms with Crippen molar-refractivity contribution in [1.29, 1.82) is 0 Å². The molecule has 3 aromatic rings. The molecular weight excluding hydrogens is 721 g/mol. The minimum atomic E-state index is -0.446. The standard InChI is InChI=1S/C18H15P.4ClH.Pd.Ra/c1-4-10-16(11-5-1)19(17-12-6-2-7-13-17)18-14-8-3-9-15-18;;;;;;/h1-15H;4*1H;;/q;;;;;2*+2/p-4. The summed E-state index contributed by atoms with van der Waals surface area (Å²) in [5.74, 6) is 0. The van der Waals surface area contributed by atoms with Gasteiger partial charge in [-0.2, -0.15) is 0 Å². The van der Waals surface area contributed by atoms with Crippen molar-refractivity contribution in [3.05, 3.63) is 91.0 Å². The van der Waals surface area contributed by atoms with Crippen molar-refractivity contribution >= 4 is 23.8 Å². The second-order valence-electron chi connectivity index (χ2n) is 4.34. The summed E-state index contributed by atoms with van der Waals surface area (Å²) in [7, 11) is -0.446. The van der Waals surface area contributed by atoms with Crippen molar-refractivity contribution in [2.45, 2.75) is 0 Å². The van der Waals surface area contributed by atoms with Gasteiger partial charge in [0.2, 0.25) is 0 Å². The number of rotatable bonds is 3. The largest absolute Gasteiger partial charge is 2.00 e. The Labute approximate surface area is 226 Å². The van der Waals surface area contributed by atoms with E-state index in [1.807, 2.05) is 0 Å². The summed E-state index contributed by atoms with van der Waals surface area (Å²) in [4.78, 5) is 0. The van der Waals surface area contributed by atoms with E-state index in [1.165, 1.54) is 15.9 Å². The van der Waals surface area contributed by atoms with Crippen LogP contribution in [0.5, 0.6) is 0 Å². The smallest absolute Gasteiger partial charge is 1.00 e. The molecule has 7 heteroatoms. The van der Waals surface area contributed by atoms with Crippen molar-refractivity contribution in [2.75, 3.05) is 0 Å². The van der Waals surface area contributed by atoms with Gasteiger partial charge in [-0.25, -0.2) is 0 Å². The summed E-state index contributed by atoms with van der Waals surface area (Å²) in [6.07, 6.45) is 0. The maximum atomic E-state index is 2.23. The molecule has 0 amide bonds. The van der Waals surface area contributed by atoms with Crippen LogP contribution in [0.2, 0.25) is 0 Å². The van der Waals surface area contributed by atoms with E-state index < -0.39 is 7.92 Å². The predicted molar refractivity (Wildman–Crippen MR) is 85.1 cm³/mol. The van der Waals surface area contributed by atoms with E-state index in [1.54, 1.807) is 0 Å². The Morgan fingerprint density at radius 3 is 0.800 bits per heavy atom. The molecule has 0 aromatic heterocycles. The van der Waals surface area contributed by atoms with Crippen molar-refractivity contribution in [3.63, 3.8) is 0 Å². The van der Waals surface area contributed by atoms with Crippen LogP contribution < -0.4 is 65.5 Å². The molecule has 0 saturated carbocycles. The van der Waals surface area contributed by atoms with Crippen LogP contribution in [0.4, 0.5) is 0 Å². The fourth-order valence-corrected chi connectivity index (χ4v) is 4.48. The fraction of sp³-hybridized carbons (Fsp3) is 0. The third-order valence-corrected chi connectivity index (χ3v) is 5.49. The molecule has 0 aliphatic heterocycles. The molecule has 0 spiro atoms. The van der Waals surface area contributed by atoms with Gasteiger partial charge in [0.1, 0.15) is 0 Å². The molecule has 0 heterocycles. The molecule has 0 fully saturated rings. The number of benzene rings is 3. The molecule has 25 heavy (non-hydrogen) atoms. The van der Waals surface area contributed by atoms with Gasteiger partial charge >= 0.3 is 65.4 Å². The van der Waals surface area contributed by atoms with Crippen LogP contribution in [0.25, 0.3) is 0 Å². The first-order chi connectivity index (χ1) is 9.45. The Kier molecular flexibility index (Phi) is 25.4. The van der Waals surface area contributed by atoms with E-state index >= 15 is 0 Å². The summed E-state index contributed by atoms with van der Waals surface area (Å²) in [6, 6.07) is 32.3. The van der Waals surface area contributed by atoms with Crippen molar-refractivity contribution in [1.82, 2.24) is 0 Å². The van der Waals surface area contributed by atoms with Gasteiger partial charge in [0.25, 0.3) is 0 Å². The molecule has 3 aromatic carbocycles. The molecule has 0 atom stereocenters. The molecule has 3 rings (SSSR count). The zero-order chi connectivity index (χ0) is 12.9. The minimum absolute atomic E-state index is 0. The first-order valence-corrected chi connectivity index (χ1v) is 7.74. The molecule has 0 unspecified atom stereocenters. The van der Waals surface area contributed by atoms with Gasteiger partial charge in [-0.1, -0.05) is 91.0 Å². The number of hydrogen-bond donors (Lipinski definition) is 0. The van der Waals surface area contributed by atoms with Crippen LogP contribution in [0.3, 0.4) is 0 Å². The fourth-order valence-electron chi connectivity index (χ4n) is 2.18. The Bertz CT molecular complexity index is 551. The van der Waals surface area contributed by atoms with E-state index in [4.69, 9.17) is 0 Å². The van der Waals surface area contributed by atoms with E-state index in [0.29, 0.717) is 0 Å². The second-order valence-corrected chi connectivity index (χ2v) is 6.56. The molecule has 0 saturated heterocycles. The minimum Gasteiger partial charge on any atom is -1.00 e. The Morgan fingerprint density at radius 2 is 0.600 bits per heavy atom. The summed E-state index contributed by atoms with van der Waals surface area (Å²) in [6.45, 7) is 0. The van der Waals surface area contributed by atoms with Crippen LogP contribution in [0.15, 0.2) is 91.0 Å². The summed E-state index contributed by atoms with van der Waals surface area (Å²) in [5.41, 5.74) is 0. The Balaban J connectivity index is -0.000000367. The van der Waals surface area contributed by atoms with Crippen LogP contribution in [-0.2, 0) is 20.4 Å². The second kappa shape index (κ2) is 18.7. The van der Waals surface area contributed by atoms with E-state index in [0.717, 1.165) is 0 Å². The molecular formula is C18H15Cl4PPdRa. The molecule has 0 bridgehead atoms. The first-order valence-electron chi connectivity index (χ1n) is 6.40. The SMILES string of the molecule is [Cl-].[Cl-].[Cl-].[Cl-].[Pd+2].[Ra+2].c1ccc(P(c2ccccc2)c2ccccc2)cc1. The van der Waals surface area contributed by atoms with Crippen LogP contribution in [0, 0.1) is 45.0 Å². The zero-order valence-corrected chi connectivity index (χ0v) is 24.4. The molecule has 0 nitrogen and oxygen atoms in total. The molecule has 0 N–H and O–H groups in total. The van der Waals surface area contributed by atoms with Crippen LogP contribution >= 0.6 is 7.92 Å². The quantitative estimate of drug-likeness (QED) is 0.186. The maximum absolute atomic E-state index is 2.23. The van der Waals surface area contributed by atoms with Crippen molar-refractivity contribution < 1.29 is 115 Å². The Hall–Kier alpha value is 1.38. The summed E-state index contributed by atoms with van der Waals surface area (Å²) < 4.78 is 0. The molecule has 0 aliphatic rings. The van der Waals surface area contributed by atoms with Gasteiger partial charge in [0.15, 0.2) is 0 Å². The third-order valence-electron chi connectivity index (χ3n) is 3.04. The first kappa shape index (κ1) is 33.9. The van der Waals surface area contributed by atoms with Gasteiger partial charge in [-0.15, -0.1) is 0 Å². The van der Waals surface area contributed by atoms with Crippen molar-refractivity contribution in [3.8, 4) is 0 Å². The molecule has 132 valence electrons. The summed E-state index contributed by atoms with van der Waals surface area (Å²) in [5, 5.41) is 4.19. The Morgan fingerprint density at radius 1 is 0.400 bits per heavy atom. The van der Waals surface area contributed by atoms with E-state index in [-0.39, 0.29) is 115 Å². The average molecular weight is 737 g/mol. The monoisotopic (exact) mass is 734 g/mol. The predicted octanol–water partition coefficient (Wildman–Crippen LogP) is -8.54. The topological polar surface area (TPSA) is 0 Å². The average Bonchev–Trinajstić information content (AvgIpc) is 2.51. The summed E-state index contributed by atoms with van der Waals surface area (Å²) >= 11 is 0. The maximum Gasteiger partial charge on any atom is 2.00 e. The van der Waals surface area contributed by atoms with Gasteiger partial charge < -0.3 is 49.6 Å². The normalized spacial score (nSPS) is 8.04. The van der Waals surface area contributed by atoms with E-state index in [2.05, 4.69) is 91.0 Å². The number of halogens is 4. The van der Waals surface area contributed by atoms with E-state index in [9.17, 15) is 0 Å². The molecule has 0 aliphatic carbocycles. The molecule has 0 radical (unpaired) electrons. The van der Waals surface area contributed by atoms with Gasteiger partial charge in [-0.05, 0) is 23.8 Å². The van der Waals surface area contributed by atoms with Crippen LogP contribution in [-0.4, -0.2) is 0 Å². The van der Waals surface area contributed by atoms with Crippen molar-refractivity contribution in [2.24, 2.45) is 0 Å². The van der Waals surface area contributed by atoms with Gasteiger partial charge in [-0.3, -0.25) is 0 Å².